The lowest BCUT2D eigenvalue weighted by Crippen LogP contribution is -2.01. The van der Waals surface area contributed by atoms with Gasteiger partial charge in [0.15, 0.2) is 0 Å². The largest absolute Gasteiger partial charge is 0.481 e. The number of carbonyl (C=O) groups is 1. The van der Waals surface area contributed by atoms with E-state index in [2.05, 4.69) is 31.2 Å². The minimum absolute atomic E-state index is 0.154. The minimum atomic E-state index is -0.824. The molecular formula is C17H27FO2S. The smallest absolute Gasteiger partial charge is 0.304 e. The second-order valence-electron chi connectivity index (χ2n) is 4.67. The summed E-state index contributed by atoms with van der Waals surface area (Å²) in [5, 5.41) is 8.46. The first kappa shape index (κ1) is 20.0. The quantitative estimate of drug-likeness (QED) is 0.376. The first-order valence-corrected chi connectivity index (χ1v) is 8.70. The molecule has 0 fully saturated rings. The fourth-order valence-corrected chi connectivity index (χ4v) is 2.49. The van der Waals surface area contributed by atoms with Crippen molar-refractivity contribution in [3.63, 3.8) is 0 Å². The number of aliphatic carboxylic acids is 1. The molecule has 0 amide bonds. The topological polar surface area (TPSA) is 37.3 Å². The molecule has 0 aliphatic carbocycles. The molecule has 4 heteroatoms. The molecule has 0 spiro atoms. The van der Waals surface area contributed by atoms with Crippen LogP contribution in [0.4, 0.5) is 4.39 Å². The third-order valence-electron chi connectivity index (χ3n) is 2.71. The lowest BCUT2D eigenvalue weighted by molar-refractivity contribution is -0.136. The molecule has 0 saturated carbocycles. The molecule has 0 aromatic carbocycles. The van der Waals surface area contributed by atoms with E-state index in [1.54, 1.807) is 0 Å². The van der Waals surface area contributed by atoms with Gasteiger partial charge in [-0.25, -0.2) is 4.39 Å². The van der Waals surface area contributed by atoms with Gasteiger partial charge in [-0.05, 0) is 37.9 Å². The molecule has 0 radical (unpaired) electrons. The molecule has 0 bridgehead atoms. The van der Waals surface area contributed by atoms with E-state index < -0.39 is 12.1 Å². The average Bonchev–Trinajstić information content (AvgIpc) is 2.45. The molecule has 0 rings (SSSR count). The Morgan fingerprint density at radius 1 is 1.10 bits per heavy atom. The van der Waals surface area contributed by atoms with Crippen molar-refractivity contribution in [2.45, 2.75) is 51.6 Å². The van der Waals surface area contributed by atoms with Gasteiger partial charge >= 0.3 is 5.97 Å². The number of halogens is 1. The van der Waals surface area contributed by atoms with Crippen molar-refractivity contribution in [2.75, 3.05) is 11.5 Å². The summed E-state index contributed by atoms with van der Waals surface area (Å²) in [6.45, 7) is 2.11. The van der Waals surface area contributed by atoms with E-state index >= 15 is 0 Å². The lowest BCUT2D eigenvalue weighted by Gasteiger charge is -2.04. The fourth-order valence-electron chi connectivity index (χ4n) is 1.54. The Bertz CT molecular complexity index is 338. The van der Waals surface area contributed by atoms with E-state index in [1.807, 2.05) is 12.2 Å². The number of carboxylic acid groups (broad SMARTS) is 1. The zero-order chi connectivity index (χ0) is 15.8. The van der Waals surface area contributed by atoms with Gasteiger partial charge in [0, 0.05) is 5.75 Å². The minimum Gasteiger partial charge on any atom is -0.481 e. The Balaban J connectivity index is 3.46. The van der Waals surface area contributed by atoms with Gasteiger partial charge in [-0.1, -0.05) is 43.4 Å². The standard InChI is InChI=1S/C17H27FO2S/c1-2-3-4-5-6-7-8-9-10-11-16(18)12-14-21-15-13-17(19)20/h3-4,6-7,9-10,16H,2,5,8,11-15H2,1H3,(H,19,20)/b4-3-,7-6-,10-9-/i18-1. The third kappa shape index (κ3) is 16.9. The summed E-state index contributed by atoms with van der Waals surface area (Å²) in [5.41, 5.74) is 0. The monoisotopic (exact) mass is 313 g/mol. The van der Waals surface area contributed by atoms with Crippen LogP contribution in [0.5, 0.6) is 0 Å². The molecule has 1 atom stereocenters. The van der Waals surface area contributed by atoms with Crippen molar-refractivity contribution < 1.29 is 14.3 Å². The molecule has 1 N–H and O–H groups in total. The summed E-state index contributed by atoms with van der Waals surface area (Å²) < 4.78 is 13.5. The Hall–Kier alpha value is -1.03. The van der Waals surface area contributed by atoms with Gasteiger partial charge in [0.25, 0.3) is 0 Å². The summed E-state index contributed by atoms with van der Waals surface area (Å²) in [5.74, 6) is 0.460. The van der Waals surface area contributed by atoms with Gasteiger partial charge in [-0.15, -0.1) is 0 Å². The molecule has 0 aromatic rings. The predicted octanol–water partition coefficient (Wildman–Crippen LogP) is 5.17. The average molecular weight is 313 g/mol. The molecule has 0 aliphatic heterocycles. The normalized spacial score (nSPS) is 13.6. The summed E-state index contributed by atoms with van der Waals surface area (Å²) in [4.78, 5) is 10.3. The molecule has 0 saturated heterocycles. The van der Waals surface area contributed by atoms with E-state index in [-0.39, 0.29) is 6.42 Å². The number of thioether (sulfide) groups is 1. The van der Waals surface area contributed by atoms with Gasteiger partial charge in [0.2, 0.25) is 0 Å². The second kappa shape index (κ2) is 15.4. The van der Waals surface area contributed by atoms with Crippen LogP contribution in [0, 0.1) is 0 Å². The third-order valence-corrected chi connectivity index (χ3v) is 3.72. The highest BCUT2D eigenvalue weighted by Gasteiger charge is 2.04. The van der Waals surface area contributed by atoms with E-state index in [1.165, 1.54) is 11.8 Å². The van der Waals surface area contributed by atoms with Crippen molar-refractivity contribution in [2.24, 2.45) is 0 Å². The van der Waals surface area contributed by atoms with E-state index in [0.29, 0.717) is 24.3 Å². The van der Waals surface area contributed by atoms with Gasteiger partial charge in [-0.3, -0.25) is 4.79 Å². The van der Waals surface area contributed by atoms with Gasteiger partial charge < -0.3 is 5.11 Å². The molecule has 1 unspecified atom stereocenters. The zero-order valence-electron chi connectivity index (χ0n) is 12.8. The molecule has 2 nitrogen and oxygen atoms in total. The number of rotatable bonds is 13. The summed E-state index contributed by atoms with van der Waals surface area (Å²) >= 11 is 1.50. The van der Waals surface area contributed by atoms with Crippen molar-refractivity contribution in [1.82, 2.24) is 0 Å². The Morgan fingerprint density at radius 3 is 2.33 bits per heavy atom. The molecule has 21 heavy (non-hydrogen) atoms. The van der Waals surface area contributed by atoms with Crippen LogP contribution in [0.25, 0.3) is 0 Å². The van der Waals surface area contributed by atoms with Crippen LogP contribution in [-0.2, 0) is 4.79 Å². The van der Waals surface area contributed by atoms with E-state index in [0.717, 1.165) is 19.3 Å². The van der Waals surface area contributed by atoms with Crippen LogP contribution in [0.3, 0.4) is 0 Å². The summed E-state index contributed by atoms with van der Waals surface area (Å²) in [6, 6.07) is 0. The van der Waals surface area contributed by atoms with Gasteiger partial charge in [0.05, 0.1) is 6.42 Å². The van der Waals surface area contributed by atoms with E-state index in [9.17, 15) is 9.18 Å². The first-order chi connectivity index (χ1) is 10.2. The number of allylic oxidation sites excluding steroid dienone is 6. The second-order valence-corrected chi connectivity index (χ2v) is 5.90. The Kier molecular flexibility index (Phi) is 14.6. The van der Waals surface area contributed by atoms with Crippen LogP contribution in [0.15, 0.2) is 36.5 Å². The fraction of sp³-hybridized carbons (Fsp3) is 0.588. The Morgan fingerprint density at radius 2 is 1.71 bits per heavy atom. The van der Waals surface area contributed by atoms with Gasteiger partial charge in [-0.2, -0.15) is 11.8 Å². The predicted molar refractivity (Wildman–Crippen MR) is 90.7 cm³/mol. The molecule has 0 aromatic heterocycles. The maximum absolute atomic E-state index is 13.5. The van der Waals surface area contributed by atoms with Crippen LogP contribution in [0.1, 0.15) is 45.4 Å². The highest BCUT2D eigenvalue weighted by atomic mass is 32.2. The van der Waals surface area contributed by atoms with Crippen LogP contribution >= 0.6 is 11.8 Å². The molecule has 120 valence electrons. The van der Waals surface area contributed by atoms with Crippen LogP contribution in [0.2, 0.25) is 0 Å². The summed E-state index contributed by atoms with van der Waals surface area (Å²) in [6.07, 6.45) is 15.5. The lowest BCUT2D eigenvalue weighted by atomic mass is 10.2. The molecular weight excluding hydrogens is 286 g/mol. The highest BCUT2D eigenvalue weighted by molar-refractivity contribution is 7.99. The van der Waals surface area contributed by atoms with Crippen molar-refractivity contribution >= 4 is 17.7 Å². The van der Waals surface area contributed by atoms with Crippen molar-refractivity contribution in [3.05, 3.63) is 36.5 Å². The number of hydrogen-bond donors (Lipinski definition) is 1. The maximum atomic E-state index is 13.5. The highest BCUT2D eigenvalue weighted by Crippen LogP contribution is 2.11. The SMILES string of the molecule is CC/C=C\C/C=C\C/C=C\CC([18F])CCSCCC(=O)O. The number of hydrogen-bond acceptors (Lipinski definition) is 2. The number of carboxylic acids is 1. The zero-order valence-corrected chi connectivity index (χ0v) is 13.7. The van der Waals surface area contributed by atoms with Crippen molar-refractivity contribution in [1.29, 1.82) is 0 Å². The van der Waals surface area contributed by atoms with Crippen molar-refractivity contribution in [3.8, 4) is 0 Å². The first-order valence-electron chi connectivity index (χ1n) is 7.55. The van der Waals surface area contributed by atoms with Gasteiger partial charge in [0.1, 0.15) is 6.17 Å². The summed E-state index contributed by atoms with van der Waals surface area (Å²) in [7, 11) is 0. The Labute approximate surface area is 132 Å². The number of alkyl halides is 1. The maximum Gasteiger partial charge on any atom is 0.304 e. The van der Waals surface area contributed by atoms with Crippen LogP contribution < -0.4 is 0 Å². The van der Waals surface area contributed by atoms with Crippen LogP contribution in [-0.4, -0.2) is 28.8 Å². The molecule has 0 aliphatic rings. The van der Waals surface area contributed by atoms with E-state index in [4.69, 9.17) is 5.11 Å². The molecule has 0 heterocycles.